The molecule has 3 aromatic carbocycles. The highest BCUT2D eigenvalue weighted by Crippen LogP contribution is 2.39. The number of rotatable bonds is 4. The van der Waals surface area contributed by atoms with E-state index in [1.165, 1.54) is 18.2 Å². The van der Waals surface area contributed by atoms with Crippen molar-refractivity contribution in [1.29, 1.82) is 5.26 Å². The summed E-state index contributed by atoms with van der Waals surface area (Å²) in [6.07, 6.45) is 0. The summed E-state index contributed by atoms with van der Waals surface area (Å²) in [7, 11) is -4.25. The number of hydrogen-bond acceptors (Lipinski definition) is 5. The molecular weight excluding hydrogens is 397 g/mol. The Kier molecular flexibility index (Phi) is 4.56. The highest BCUT2D eigenvalue weighted by Gasteiger charge is 2.38. The number of ether oxygens (including phenoxy) is 1. The van der Waals surface area contributed by atoms with Crippen molar-refractivity contribution in [1.82, 2.24) is 4.72 Å². The maximum Gasteiger partial charge on any atom is 0.326 e. The highest BCUT2D eigenvalue weighted by atomic mass is 32.2. The van der Waals surface area contributed by atoms with Gasteiger partial charge in [0.25, 0.3) is 5.91 Å². The Balaban J connectivity index is 1.88. The van der Waals surface area contributed by atoms with Gasteiger partial charge in [0.15, 0.2) is 5.82 Å². The number of nitrogens with one attached hydrogen (secondary N) is 1. The van der Waals surface area contributed by atoms with Crippen LogP contribution in [0.2, 0.25) is 0 Å². The standard InChI is InChI=1S/C20H14FN3O4S/c21-19-16-8-14(10-22)6-7-15(16)9-17(28-12-13-4-2-1-3-5-13)20(19)24-11-18(25)23-29(24,26)27/h1-9H,11-12H2,(H,23,25). The topological polar surface area (TPSA) is 99.5 Å². The molecule has 7 nitrogen and oxygen atoms in total. The number of halogens is 1. The van der Waals surface area contributed by atoms with Gasteiger partial charge >= 0.3 is 10.2 Å². The number of amides is 1. The number of fused-ring (bicyclic) bond motifs is 1. The Morgan fingerprint density at radius 2 is 1.93 bits per heavy atom. The second kappa shape index (κ2) is 7.07. The number of benzene rings is 3. The number of anilines is 1. The summed E-state index contributed by atoms with van der Waals surface area (Å²) in [5.74, 6) is -1.68. The van der Waals surface area contributed by atoms with Gasteiger partial charge in [0.05, 0.1) is 11.6 Å². The lowest BCUT2D eigenvalue weighted by molar-refractivity contribution is -0.117. The monoisotopic (exact) mass is 411 g/mol. The third kappa shape index (κ3) is 3.46. The molecule has 0 saturated carbocycles. The number of nitrogens with zero attached hydrogens (tertiary/aromatic N) is 2. The summed E-state index contributed by atoms with van der Waals surface area (Å²) in [4.78, 5) is 11.7. The minimum absolute atomic E-state index is 0.0244. The Morgan fingerprint density at radius 1 is 1.17 bits per heavy atom. The van der Waals surface area contributed by atoms with Gasteiger partial charge < -0.3 is 4.74 Å². The van der Waals surface area contributed by atoms with Crippen molar-refractivity contribution >= 4 is 32.6 Å². The van der Waals surface area contributed by atoms with E-state index >= 15 is 4.39 Å². The maximum atomic E-state index is 15.5. The molecule has 0 spiro atoms. The molecule has 0 bridgehead atoms. The van der Waals surface area contributed by atoms with E-state index in [0.717, 1.165) is 5.56 Å². The van der Waals surface area contributed by atoms with Gasteiger partial charge in [-0.05, 0) is 29.1 Å². The Hall–Kier alpha value is -3.64. The first-order valence-electron chi connectivity index (χ1n) is 8.55. The van der Waals surface area contributed by atoms with Crippen molar-refractivity contribution in [2.75, 3.05) is 10.8 Å². The lowest BCUT2D eigenvalue weighted by Crippen LogP contribution is -2.30. The average molecular weight is 411 g/mol. The van der Waals surface area contributed by atoms with E-state index in [9.17, 15) is 13.2 Å². The molecule has 1 fully saturated rings. The third-order valence-corrected chi connectivity index (χ3v) is 5.83. The molecule has 9 heteroatoms. The summed E-state index contributed by atoms with van der Waals surface area (Å²) >= 11 is 0. The summed E-state index contributed by atoms with van der Waals surface area (Å²) < 4.78 is 48.3. The number of carbonyl (C=O) groups excluding carboxylic acids is 1. The van der Waals surface area contributed by atoms with Gasteiger partial charge in [0.2, 0.25) is 0 Å². The van der Waals surface area contributed by atoms with Crippen molar-refractivity contribution in [3.05, 3.63) is 71.5 Å². The lowest BCUT2D eigenvalue weighted by Gasteiger charge is -2.21. The molecule has 0 atom stereocenters. The first-order valence-corrected chi connectivity index (χ1v) is 9.99. The molecule has 1 saturated heterocycles. The highest BCUT2D eigenvalue weighted by molar-refractivity contribution is 7.92. The molecule has 0 unspecified atom stereocenters. The molecule has 1 heterocycles. The maximum absolute atomic E-state index is 15.5. The van der Waals surface area contributed by atoms with Gasteiger partial charge in [-0.1, -0.05) is 36.4 Å². The number of carbonyl (C=O) groups is 1. The van der Waals surface area contributed by atoms with Crippen LogP contribution < -0.4 is 13.8 Å². The molecule has 1 amide bonds. The quantitative estimate of drug-likeness (QED) is 0.711. The molecule has 1 aliphatic heterocycles. The van der Waals surface area contributed by atoms with Gasteiger partial charge in [0, 0.05) is 5.39 Å². The zero-order valence-corrected chi connectivity index (χ0v) is 15.7. The summed E-state index contributed by atoms with van der Waals surface area (Å²) in [6, 6.07) is 16.9. The van der Waals surface area contributed by atoms with Crippen LogP contribution in [0.1, 0.15) is 11.1 Å². The van der Waals surface area contributed by atoms with E-state index in [1.54, 1.807) is 6.07 Å². The molecule has 29 heavy (non-hydrogen) atoms. The van der Waals surface area contributed by atoms with E-state index in [1.807, 2.05) is 41.1 Å². The van der Waals surface area contributed by atoms with Crippen LogP contribution in [0.25, 0.3) is 10.8 Å². The van der Waals surface area contributed by atoms with E-state index < -0.39 is 28.5 Å². The fraction of sp³-hybridized carbons (Fsp3) is 0.100. The van der Waals surface area contributed by atoms with Crippen LogP contribution in [0.4, 0.5) is 10.1 Å². The average Bonchev–Trinajstić information content (AvgIpc) is 2.98. The van der Waals surface area contributed by atoms with Crippen molar-refractivity contribution in [3.63, 3.8) is 0 Å². The van der Waals surface area contributed by atoms with E-state index in [2.05, 4.69) is 0 Å². The first kappa shape index (κ1) is 18.7. The van der Waals surface area contributed by atoms with E-state index in [-0.39, 0.29) is 29.0 Å². The largest absolute Gasteiger partial charge is 0.487 e. The van der Waals surface area contributed by atoms with Crippen LogP contribution in [0.5, 0.6) is 5.75 Å². The van der Waals surface area contributed by atoms with Crippen LogP contribution in [0.3, 0.4) is 0 Å². The number of hydrogen-bond donors (Lipinski definition) is 1. The predicted molar refractivity (Wildman–Crippen MR) is 104 cm³/mol. The second-order valence-corrected chi connectivity index (χ2v) is 7.99. The molecule has 146 valence electrons. The van der Waals surface area contributed by atoms with Crippen LogP contribution in [-0.2, 0) is 21.6 Å². The van der Waals surface area contributed by atoms with Crippen molar-refractivity contribution in [2.24, 2.45) is 0 Å². The van der Waals surface area contributed by atoms with Gasteiger partial charge in [-0.2, -0.15) is 13.7 Å². The van der Waals surface area contributed by atoms with Crippen molar-refractivity contribution in [3.8, 4) is 11.8 Å². The molecule has 1 N–H and O–H groups in total. The molecular formula is C20H14FN3O4S. The molecule has 1 aliphatic rings. The fourth-order valence-electron chi connectivity index (χ4n) is 3.11. The van der Waals surface area contributed by atoms with Crippen LogP contribution in [0.15, 0.2) is 54.6 Å². The minimum atomic E-state index is -4.25. The van der Waals surface area contributed by atoms with Crippen LogP contribution >= 0.6 is 0 Å². The molecule has 4 rings (SSSR count). The van der Waals surface area contributed by atoms with Crippen LogP contribution in [-0.4, -0.2) is 20.9 Å². The van der Waals surface area contributed by atoms with E-state index in [4.69, 9.17) is 10.00 Å². The Labute approximate surface area is 166 Å². The number of nitriles is 1. The second-order valence-electron chi connectivity index (χ2n) is 6.40. The summed E-state index contributed by atoms with van der Waals surface area (Å²) in [5.41, 5.74) is 0.651. The van der Waals surface area contributed by atoms with Crippen molar-refractivity contribution in [2.45, 2.75) is 6.61 Å². The smallest absolute Gasteiger partial charge is 0.326 e. The third-order valence-electron chi connectivity index (χ3n) is 4.45. The zero-order chi connectivity index (χ0) is 20.6. The summed E-state index contributed by atoms with van der Waals surface area (Å²) in [6.45, 7) is -0.491. The Bertz CT molecular complexity index is 1270. The van der Waals surface area contributed by atoms with Crippen LogP contribution in [0, 0.1) is 17.1 Å². The van der Waals surface area contributed by atoms with Gasteiger partial charge in [0.1, 0.15) is 24.6 Å². The SMILES string of the molecule is N#Cc1ccc2cc(OCc3ccccc3)c(N3CC(=O)NS3(=O)=O)c(F)c2c1. The van der Waals surface area contributed by atoms with Crippen molar-refractivity contribution < 1.29 is 22.3 Å². The fourth-order valence-corrected chi connectivity index (χ4v) is 4.27. The van der Waals surface area contributed by atoms with Gasteiger partial charge in [-0.3, -0.25) is 4.79 Å². The van der Waals surface area contributed by atoms with E-state index in [0.29, 0.717) is 9.69 Å². The molecule has 0 aliphatic carbocycles. The van der Waals surface area contributed by atoms with Gasteiger partial charge in [-0.25, -0.2) is 13.4 Å². The molecule has 0 aromatic heterocycles. The summed E-state index contributed by atoms with van der Waals surface area (Å²) in [5, 5.41) is 9.58. The minimum Gasteiger partial charge on any atom is -0.487 e. The first-order chi connectivity index (χ1) is 13.9. The molecule has 3 aromatic rings. The van der Waals surface area contributed by atoms with Gasteiger partial charge in [-0.15, -0.1) is 0 Å². The Morgan fingerprint density at radius 3 is 2.59 bits per heavy atom. The normalized spacial score (nSPS) is 15.2. The predicted octanol–water partition coefficient (Wildman–Crippen LogP) is 2.61. The molecule has 0 radical (unpaired) electrons. The zero-order valence-electron chi connectivity index (χ0n) is 14.9. The lowest BCUT2D eigenvalue weighted by atomic mass is 10.0.